The van der Waals surface area contributed by atoms with Gasteiger partial charge in [-0.3, -0.25) is 4.79 Å². The number of hydrogen-bond donors (Lipinski definition) is 1. The van der Waals surface area contributed by atoms with Crippen LogP contribution >= 0.6 is 0 Å². The fourth-order valence-electron chi connectivity index (χ4n) is 1.73. The van der Waals surface area contributed by atoms with Gasteiger partial charge in [-0.2, -0.15) is 0 Å². The van der Waals surface area contributed by atoms with Gasteiger partial charge >= 0.3 is 0 Å². The Labute approximate surface area is 85.5 Å². The van der Waals surface area contributed by atoms with Crippen LogP contribution in [0, 0.1) is 0 Å². The number of aliphatic hydroxyl groups is 1. The van der Waals surface area contributed by atoms with Crippen LogP contribution in [0.2, 0.25) is 0 Å². The van der Waals surface area contributed by atoms with E-state index in [1.54, 1.807) is 4.90 Å². The molecule has 0 radical (unpaired) electrons. The first-order valence-electron chi connectivity index (χ1n) is 5.12. The van der Waals surface area contributed by atoms with Crippen molar-refractivity contribution in [1.29, 1.82) is 0 Å². The van der Waals surface area contributed by atoms with Gasteiger partial charge in [-0.25, -0.2) is 0 Å². The van der Waals surface area contributed by atoms with E-state index in [0.717, 1.165) is 19.4 Å². The van der Waals surface area contributed by atoms with E-state index in [0.29, 0.717) is 25.9 Å². The average molecular weight is 200 g/mol. The molecule has 0 atom stereocenters. The minimum Gasteiger partial charge on any atom is -0.390 e. The van der Waals surface area contributed by atoms with Crippen LogP contribution in [0.1, 0.15) is 19.3 Å². The number of piperidine rings is 1. The van der Waals surface area contributed by atoms with Gasteiger partial charge in [0, 0.05) is 19.6 Å². The minimum absolute atomic E-state index is 0.552. The molecule has 0 aromatic rings. The number of likely N-dealkylation sites (tertiary alicyclic amines) is 1. The van der Waals surface area contributed by atoms with Gasteiger partial charge in [0.15, 0.2) is 0 Å². The molecular formula is C10H20N2O2. The fourth-order valence-corrected chi connectivity index (χ4v) is 1.73. The predicted octanol–water partition coefficient (Wildman–Crippen LogP) is -0.0786. The summed E-state index contributed by atoms with van der Waals surface area (Å²) in [6.45, 7) is 2.28. The average Bonchev–Trinajstić information content (AvgIpc) is 2.16. The lowest BCUT2D eigenvalue weighted by Gasteiger charge is -2.37. The minimum atomic E-state index is -0.552. The van der Waals surface area contributed by atoms with Crippen LogP contribution in [0.15, 0.2) is 0 Å². The van der Waals surface area contributed by atoms with E-state index in [1.807, 2.05) is 14.1 Å². The van der Waals surface area contributed by atoms with Crippen LogP contribution < -0.4 is 0 Å². The number of nitrogens with zero attached hydrogens (tertiary/aromatic N) is 2. The van der Waals surface area contributed by atoms with Crippen molar-refractivity contribution in [2.75, 3.05) is 33.7 Å². The molecule has 0 bridgehead atoms. The van der Waals surface area contributed by atoms with E-state index in [4.69, 9.17) is 0 Å². The van der Waals surface area contributed by atoms with Crippen LogP contribution in [0.3, 0.4) is 0 Å². The Bertz CT molecular complexity index is 187. The van der Waals surface area contributed by atoms with E-state index in [9.17, 15) is 9.90 Å². The molecule has 1 amide bonds. The summed E-state index contributed by atoms with van der Waals surface area (Å²) >= 11 is 0. The summed E-state index contributed by atoms with van der Waals surface area (Å²) in [6, 6.07) is 0. The number of amides is 1. The molecule has 1 saturated heterocycles. The van der Waals surface area contributed by atoms with Crippen molar-refractivity contribution in [2.24, 2.45) is 0 Å². The molecule has 1 aliphatic heterocycles. The molecule has 1 aliphatic rings. The first-order valence-corrected chi connectivity index (χ1v) is 5.12. The fraction of sp³-hybridized carbons (Fsp3) is 0.900. The van der Waals surface area contributed by atoms with Gasteiger partial charge in [0.2, 0.25) is 6.41 Å². The van der Waals surface area contributed by atoms with Crippen molar-refractivity contribution in [3.63, 3.8) is 0 Å². The largest absolute Gasteiger partial charge is 0.390 e. The van der Waals surface area contributed by atoms with Crippen molar-refractivity contribution >= 4 is 6.41 Å². The Hall–Kier alpha value is -0.610. The Balaban J connectivity index is 2.33. The maximum absolute atomic E-state index is 10.5. The van der Waals surface area contributed by atoms with E-state index < -0.39 is 5.60 Å². The third kappa shape index (κ3) is 3.27. The highest BCUT2D eigenvalue weighted by atomic mass is 16.3. The Morgan fingerprint density at radius 1 is 1.43 bits per heavy atom. The predicted molar refractivity (Wildman–Crippen MR) is 55.0 cm³/mol. The van der Waals surface area contributed by atoms with Crippen LogP contribution in [0.5, 0.6) is 0 Å². The Kier molecular flexibility index (Phi) is 3.89. The van der Waals surface area contributed by atoms with Gasteiger partial charge in [0.05, 0.1) is 5.60 Å². The molecule has 0 unspecified atom stereocenters. The molecule has 1 N–H and O–H groups in total. The zero-order valence-corrected chi connectivity index (χ0v) is 9.07. The lowest BCUT2D eigenvalue weighted by molar-refractivity contribution is -0.122. The van der Waals surface area contributed by atoms with Gasteiger partial charge in [-0.1, -0.05) is 0 Å². The molecule has 1 rings (SSSR count). The van der Waals surface area contributed by atoms with Crippen molar-refractivity contribution < 1.29 is 9.90 Å². The van der Waals surface area contributed by atoms with Gasteiger partial charge in [0.25, 0.3) is 0 Å². The second kappa shape index (κ2) is 4.75. The molecule has 82 valence electrons. The standard InChI is InChI=1S/C10H20N2O2/c1-11(2)6-3-10(14)4-7-12(9-13)8-5-10/h9,14H,3-8H2,1-2H3. The summed E-state index contributed by atoms with van der Waals surface area (Å²) < 4.78 is 0. The number of hydrogen-bond acceptors (Lipinski definition) is 3. The maximum Gasteiger partial charge on any atom is 0.209 e. The summed E-state index contributed by atoms with van der Waals surface area (Å²) in [7, 11) is 4.01. The topological polar surface area (TPSA) is 43.8 Å². The molecule has 1 heterocycles. The monoisotopic (exact) mass is 200 g/mol. The third-order valence-corrected chi connectivity index (χ3v) is 2.90. The van der Waals surface area contributed by atoms with Crippen molar-refractivity contribution in [1.82, 2.24) is 9.80 Å². The SMILES string of the molecule is CN(C)CCC1(O)CCN(C=O)CC1. The normalized spacial score (nSPS) is 21.3. The molecule has 1 fully saturated rings. The molecule has 0 aromatic heterocycles. The summed E-state index contributed by atoms with van der Waals surface area (Å²) in [6.07, 6.45) is 3.08. The van der Waals surface area contributed by atoms with E-state index in [-0.39, 0.29) is 0 Å². The summed E-state index contributed by atoms with van der Waals surface area (Å²) in [5, 5.41) is 10.2. The van der Waals surface area contributed by atoms with Gasteiger partial charge in [0.1, 0.15) is 0 Å². The third-order valence-electron chi connectivity index (χ3n) is 2.90. The number of rotatable bonds is 4. The van der Waals surface area contributed by atoms with Crippen LogP contribution in [-0.2, 0) is 4.79 Å². The second-order valence-electron chi connectivity index (χ2n) is 4.42. The smallest absolute Gasteiger partial charge is 0.209 e. The van der Waals surface area contributed by atoms with Crippen LogP contribution in [0.4, 0.5) is 0 Å². The van der Waals surface area contributed by atoms with Gasteiger partial charge in [-0.15, -0.1) is 0 Å². The van der Waals surface area contributed by atoms with Gasteiger partial charge < -0.3 is 14.9 Å². The summed E-state index contributed by atoms with van der Waals surface area (Å²) in [5.74, 6) is 0. The molecule has 0 spiro atoms. The van der Waals surface area contributed by atoms with Crippen molar-refractivity contribution in [3.05, 3.63) is 0 Å². The first kappa shape index (κ1) is 11.5. The highest BCUT2D eigenvalue weighted by Crippen LogP contribution is 2.24. The van der Waals surface area contributed by atoms with Crippen LogP contribution in [0.25, 0.3) is 0 Å². The zero-order chi connectivity index (χ0) is 10.6. The molecule has 0 aliphatic carbocycles. The molecule has 0 saturated carbocycles. The highest BCUT2D eigenvalue weighted by Gasteiger charge is 2.31. The second-order valence-corrected chi connectivity index (χ2v) is 4.42. The molecule has 4 nitrogen and oxygen atoms in total. The molecule has 4 heteroatoms. The van der Waals surface area contributed by atoms with Crippen molar-refractivity contribution in [3.8, 4) is 0 Å². The number of carbonyl (C=O) groups is 1. The Morgan fingerprint density at radius 3 is 2.43 bits per heavy atom. The highest BCUT2D eigenvalue weighted by molar-refractivity contribution is 5.47. The molecule has 0 aromatic carbocycles. The molecule has 14 heavy (non-hydrogen) atoms. The van der Waals surface area contributed by atoms with E-state index >= 15 is 0 Å². The van der Waals surface area contributed by atoms with Crippen molar-refractivity contribution in [2.45, 2.75) is 24.9 Å². The lowest BCUT2D eigenvalue weighted by atomic mass is 9.88. The number of carbonyl (C=O) groups excluding carboxylic acids is 1. The first-order chi connectivity index (χ1) is 6.56. The zero-order valence-electron chi connectivity index (χ0n) is 9.07. The van der Waals surface area contributed by atoms with Gasteiger partial charge in [-0.05, 0) is 33.4 Å². The van der Waals surface area contributed by atoms with E-state index in [1.165, 1.54) is 0 Å². The maximum atomic E-state index is 10.5. The van der Waals surface area contributed by atoms with Crippen LogP contribution in [-0.4, -0.2) is 60.6 Å². The lowest BCUT2D eigenvalue weighted by Crippen LogP contribution is -2.45. The quantitative estimate of drug-likeness (QED) is 0.646. The molecular weight excluding hydrogens is 180 g/mol. The summed E-state index contributed by atoms with van der Waals surface area (Å²) in [4.78, 5) is 14.3. The summed E-state index contributed by atoms with van der Waals surface area (Å²) in [5.41, 5.74) is -0.552. The van der Waals surface area contributed by atoms with E-state index in [2.05, 4.69) is 4.90 Å². The Morgan fingerprint density at radius 2 is 2.00 bits per heavy atom.